The number of sulfonamides is 1. The Kier molecular flexibility index (Phi) is 4.43. The molecule has 0 saturated heterocycles. The van der Waals surface area contributed by atoms with Crippen LogP contribution in [0.1, 0.15) is 29.2 Å². The fourth-order valence-electron chi connectivity index (χ4n) is 3.14. The number of carboxylic acids is 1. The minimum Gasteiger partial charge on any atom is -0.481 e. The molecule has 1 heterocycles. The average molecular weight is 345 g/mol. The summed E-state index contributed by atoms with van der Waals surface area (Å²) in [5.41, 5.74) is 2.76. The second kappa shape index (κ2) is 6.37. The van der Waals surface area contributed by atoms with Crippen molar-refractivity contribution in [1.82, 2.24) is 4.31 Å². The zero-order chi connectivity index (χ0) is 17.3. The number of fused-ring (bicyclic) bond motifs is 1. The van der Waals surface area contributed by atoms with Crippen LogP contribution in [0.4, 0.5) is 0 Å². The van der Waals surface area contributed by atoms with Crippen molar-refractivity contribution in [3.05, 3.63) is 65.2 Å². The molecule has 0 saturated carbocycles. The smallest absolute Gasteiger partial charge is 0.305 e. The summed E-state index contributed by atoms with van der Waals surface area (Å²) in [6.45, 7) is 2.17. The summed E-state index contributed by atoms with van der Waals surface area (Å²) < 4.78 is 27.4. The second-order valence-corrected chi connectivity index (χ2v) is 7.88. The van der Waals surface area contributed by atoms with Crippen LogP contribution in [-0.2, 0) is 21.2 Å². The standard InChI is InChI=1S/C18H19NO4S/c1-13-6-8-15(9-7-13)24(22,23)19-11-10-14-4-2-3-5-16(14)17(19)12-18(20)21/h2-9,17H,10-12H2,1H3,(H,20,21)/t17-/m0/s1. The predicted molar refractivity (Wildman–Crippen MR) is 90.2 cm³/mol. The molecule has 3 rings (SSSR count). The highest BCUT2D eigenvalue weighted by Crippen LogP contribution is 2.36. The minimum absolute atomic E-state index is 0.197. The number of benzene rings is 2. The van der Waals surface area contributed by atoms with Gasteiger partial charge >= 0.3 is 5.97 Å². The lowest BCUT2D eigenvalue weighted by molar-refractivity contribution is -0.138. The van der Waals surface area contributed by atoms with Gasteiger partial charge in [-0.15, -0.1) is 0 Å². The minimum atomic E-state index is -3.75. The van der Waals surface area contributed by atoms with E-state index >= 15 is 0 Å². The van der Waals surface area contributed by atoms with Crippen molar-refractivity contribution in [3.63, 3.8) is 0 Å². The predicted octanol–water partition coefficient (Wildman–Crippen LogP) is 2.76. The molecule has 2 aromatic rings. The van der Waals surface area contributed by atoms with Gasteiger partial charge in [0.25, 0.3) is 0 Å². The van der Waals surface area contributed by atoms with Crippen molar-refractivity contribution >= 4 is 16.0 Å². The van der Waals surface area contributed by atoms with Crippen LogP contribution in [-0.4, -0.2) is 30.3 Å². The molecule has 0 fully saturated rings. The molecule has 1 aliphatic heterocycles. The first-order valence-electron chi connectivity index (χ1n) is 7.77. The van der Waals surface area contributed by atoms with Crippen LogP contribution >= 0.6 is 0 Å². The third-order valence-corrected chi connectivity index (χ3v) is 6.28. The molecule has 0 radical (unpaired) electrons. The van der Waals surface area contributed by atoms with Crippen molar-refractivity contribution in [2.24, 2.45) is 0 Å². The maximum Gasteiger partial charge on any atom is 0.305 e. The van der Waals surface area contributed by atoms with Gasteiger partial charge in [0, 0.05) is 6.54 Å². The van der Waals surface area contributed by atoms with E-state index in [1.165, 1.54) is 4.31 Å². The van der Waals surface area contributed by atoms with E-state index in [4.69, 9.17) is 0 Å². The number of carbonyl (C=O) groups is 1. The summed E-state index contributed by atoms with van der Waals surface area (Å²) in [5, 5.41) is 9.26. The zero-order valence-corrected chi connectivity index (χ0v) is 14.2. The van der Waals surface area contributed by atoms with Crippen LogP contribution in [0.25, 0.3) is 0 Å². The van der Waals surface area contributed by atoms with Gasteiger partial charge in [0.1, 0.15) is 0 Å². The van der Waals surface area contributed by atoms with Crippen LogP contribution < -0.4 is 0 Å². The van der Waals surface area contributed by atoms with Gasteiger partial charge in [0.2, 0.25) is 10.0 Å². The molecular weight excluding hydrogens is 326 g/mol. The molecule has 2 aromatic carbocycles. The Morgan fingerprint density at radius 3 is 2.50 bits per heavy atom. The van der Waals surface area contributed by atoms with Crippen molar-refractivity contribution in [2.75, 3.05) is 6.54 Å². The summed E-state index contributed by atoms with van der Waals surface area (Å²) in [7, 11) is -3.75. The van der Waals surface area contributed by atoms with E-state index in [-0.39, 0.29) is 17.9 Å². The monoisotopic (exact) mass is 345 g/mol. The van der Waals surface area contributed by atoms with E-state index < -0.39 is 22.0 Å². The van der Waals surface area contributed by atoms with Crippen LogP contribution in [0, 0.1) is 6.92 Å². The number of aliphatic carboxylic acids is 1. The molecule has 126 valence electrons. The molecule has 5 nitrogen and oxygen atoms in total. The van der Waals surface area contributed by atoms with Gasteiger partial charge in [0.05, 0.1) is 17.4 Å². The van der Waals surface area contributed by atoms with E-state index in [1.807, 2.05) is 31.2 Å². The van der Waals surface area contributed by atoms with Gasteiger partial charge < -0.3 is 5.11 Å². The molecule has 0 aliphatic carbocycles. The van der Waals surface area contributed by atoms with Crippen molar-refractivity contribution in [3.8, 4) is 0 Å². The number of nitrogens with zero attached hydrogens (tertiary/aromatic N) is 1. The van der Waals surface area contributed by atoms with Crippen LogP contribution in [0.15, 0.2) is 53.4 Å². The number of aryl methyl sites for hydroxylation is 1. The molecular formula is C18H19NO4S. The lowest BCUT2D eigenvalue weighted by Gasteiger charge is -2.35. The first-order valence-corrected chi connectivity index (χ1v) is 9.22. The number of hydrogen-bond acceptors (Lipinski definition) is 3. The highest BCUT2D eigenvalue weighted by atomic mass is 32.2. The molecule has 0 spiro atoms. The molecule has 0 unspecified atom stereocenters. The molecule has 1 atom stereocenters. The van der Waals surface area contributed by atoms with Crippen LogP contribution in [0.2, 0.25) is 0 Å². The molecule has 1 aliphatic rings. The molecule has 1 N–H and O–H groups in total. The third-order valence-electron chi connectivity index (χ3n) is 4.36. The average Bonchev–Trinajstić information content (AvgIpc) is 2.55. The Bertz CT molecular complexity index is 859. The largest absolute Gasteiger partial charge is 0.481 e. The Hall–Kier alpha value is -2.18. The first kappa shape index (κ1) is 16.7. The van der Waals surface area contributed by atoms with Gasteiger partial charge in [0.15, 0.2) is 0 Å². The lowest BCUT2D eigenvalue weighted by atomic mass is 9.92. The Balaban J connectivity index is 2.05. The Labute approximate surface area is 141 Å². The summed E-state index contributed by atoms with van der Waals surface area (Å²) in [4.78, 5) is 11.5. The normalized spacial score (nSPS) is 18.1. The van der Waals surface area contributed by atoms with E-state index in [2.05, 4.69) is 0 Å². The van der Waals surface area contributed by atoms with Crippen LogP contribution in [0.3, 0.4) is 0 Å². The van der Waals surface area contributed by atoms with Gasteiger partial charge in [-0.25, -0.2) is 8.42 Å². The molecule has 24 heavy (non-hydrogen) atoms. The van der Waals surface area contributed by atoms with Crippen molar-refractivity contribution in [2.45, 2.75) is 30.7 Å². The SMILES string of the molecule is Cc1ccc(S(=O)(=O)N2CCc3ccccc3[C@@H]2CC(=O)O)cc1. The highest BCUT2D eigenvalue weighted by molar-refractivity contribution is 7.89. The topological polar surface area (TPSA) is 74.7 Å². The number of rotatable bonds is 4. The summed E-state index contributed by atoms with van der Waals surface area (Å²) in [5.74, 6) is -1.01. The van der Waals surface area contributed by atoms with Gasteiger partial charge in [-0.2, -0.15) is 4.31 Å². The molecule has 6 heteroatoms. The molecule has 0 amide bonds. The fraction of sp³-hybridized carbons (Fsp3) is 0.278. The quantitative estimate of drug-likeness (QED) is 0.924. The highest BCUT2D eigenvalue weighted by Gasteiger charge is 2.37. The third kappa shape index (κ3) is 3.07. The zero-order valence-electron chi connectivity index (χ0n) is 13.3. The first-order chi connectivity index (χ1) is 11.4. The summed E-state index contributed by atoms with van der Waals surface area (Å²) in [6.07, 6.45) is 0.333. The maximum absolute atomic E-state index is 13.0. The van der Waals surface area contributed by atoms with E-state index in [0.29, 0.717) is 6.42 Å². The maximum atomic E-state index is 13.0. The Morgan fingerprint density at radius 2 is 1.83 bits per heavy atom. The van der Waals surface area contributed by atoms with Crippen LogP contribution in [0.5, 0.6) is 0 Å². The number of hydrogen-bond donors (Lipinski definition) is 1. The van der Waals surface area contributed by atoms with E-state index in [1.54, 1.807) is 24.3 Å². The Morgan fingerprint density at radius 1 is 1.17 bits per heavy atom. The molecule has 0 aromatic heterocycles. The van der Waals surface area contributed by atoms with Gasteiger partial charge in [-0.1, -0.05) is 42.0 Å². The van der Waals surface area contributed by atoms with E-state index in [9.17, 15) is 18.3 Å². The lowest BCUT2D eigenvalue weighted by Crippen LogP contribution is -2.40. The summed E-state index contributed by atoms with van der Waals surface area (Å²) in [6, 6.07) is 13.4. The van der Waals surface area contributed by atoms with Crippen molar-refractivity contribution < 1.29 is 18.3 Å². The van der Waals surface area contributed by atoms with Gasteiger partial charge in [-0.3, -0.25) is 4.79 Å². The second-order valence-electron chi connectivity index (χ2n) is 5.99. The van der Waals surface area contributed by atoms with Crippen molar-refractivity contribution in [1.29, 1.82) is 0 Å². The van der Waals surface area contributed by atoms with Gasteiger partial charge in [-0.05, 0) is 36.6 Å². The van der Waals surface area contributed by atoms with E-state index in [0.717, 1.165) is 16.7 Å². The molecule has 0 bridgehead atoms. The number of carboxylic acid groups (broad SMARTS) is 1. The fourth-order valence-corrected chi connectivity index (χ4v) is 4.74. The summed E-state index contributed by atoms with van der Waals surface area (Å²) >= 11 is 0.